The lowest BCUT2D eigenvalue weighted by atomic mass is 9.81. The van der Waals surface area contributed by atoms with E-state index < -0.39 is 36.1 Å². The number of hydrogen-bond donors (Lipinski definition) is 1. The first-order valence-electron chi connectivity index (χ1n) is 13.6. The lowest BCUT2D eigenvalue weighted by molar-refractivity contribution is -0.139. The number of aliphatic hydroxyl groups is 1. The van der Waals surface area contributed by atoms with Crippen LogP contribution in [0.4, 0.5) is 9.59 Å². The number of carbonyl (C=O) groups is 4. The molecule has 0 spiro atoms. The van der Waals surface area contributed by atoms with Crippen molar-refractivity contribution in [3.63, 3.8) is 0 Å². The van der Waals surface area contributed by atoms with Gasteiger partial charge in [-0.15, -0.1) is 0 Å². The molecule has 1 aliphatic carbocycles. The van der Waals surface area contributed by atoms with Gasteiger partial charge in [-0.3, -0.25) is 9.59 Å². The number of nitrogens with zero attached hydrogens (tertiary/aromatic N) is 2. The molecule has 2 amide bonds. The highest BCUT2D eigenvalue weighted by Gasteiger charge is 2.30. The second-order valence-electron chi connectivity index (χ2n) is 10.7. The molecule has 1 N–H and O–H groups in total. The molecular formula is C29H44N2O7. The fourth-order valence-corrected chi connectivity index (χ4v) is 4.56. The maximum Gasteiger partial charge on any atom is 0.409 e. The first-order valence-corrected chi connectivity index (χ1v) is 13.6. The van der Waals surface area contributed by atoms with Gasteiger partial charge in [0.05, 0.1) is 18.6 Å². The van der Waals surface area contributed by atoms with Crippen molar-refractivity contribution in [3.05, 3.63) is 36.0 Å². The average molecular weight is 533 g/mol. The van der Waals surface area contributed by atoms with Crippen LogP contribution in [-0.4, -0.2) is 84.7 Å². The van der Waals surface area contributed by atoms with Crippen molar-refractivity contribution in [1.29, 1.82) is 0 Å². The molecule has 9 nitrogen and oxygen atoms in total. The summed E-state index contributed by atoms with van der Waals surface area (Å²) < 4.78 is 10.9. The van der Waals surface area contributed by atoms with E-state index in [1.54, 1.807) is 14.1 Å². The predicted octanol–water partition coefficient (Wildman–Crippen LogP) is 4.31. The monoisotopic (exact) mass is 532 g/mol. The molecule has 2 aliphatic rings. The van der Waals surface area contributed by atoms with Crippen LogP contribution in [0.25, 0.3) is 0 Å². The molecule has 0 aromatic rings. The number of hydrogen-bond acceptors (Lipinski definition) is 7. The van der Waals surface area contributed by atoms with Gasteiger partial charge in [-0.05, 0) is 44.6 Å². The van der Waals surface area contributed by atoms with Crippen LogP contribution in [0, 0.1) is 17.8 Å². The molecule has 0 aromatic carbocycles. The molecule has 5 atom stereocenters. The van der Waals surface area contributed by atoms with Gasteiger partial charge in [0.1, 0.15) is 6.10 Å². The second-order valence-corrected chi connectivity index (χ2v) is 10.7. The molecule has 0 radical (unpaired) electrons. The number of amides is 2. The van der Waals surface area contributed by atoms with Crippen molar-refractivity contribution in [2.24, 2.45) is 17.8 Å². The third-order valence-corrected chi connectivity index (χ3v) is 6.90. The molecular weight excluding hydrogens is 488 g/mol. The fraction of sp³-hybridized carbons (Fsp3) is 0.655. The summed E-state index contributed by atoms with van der Waals surface area (Å²) in [6.45, 7) is 6.62. The number of rotatable bonds is 6. The maximum atomic E-state index is 13.2. The minimum atomic E-state index is -0.622. The van der Waals surface area contributed by atoms with Gasteiger partial charge >= 0.3 is 12.2 Å². The van der Waals surface area contributed by atoms with E-state index in [9.17, 15) is 24.3 Å². The van der Waals surface area contributed by atoms with Gasteiger partial charge in [0.15, 0.2) is 5.78 Å². The number of β-amino-alcohol motifs (C(OH)–C–C–N with tert-alkyl or cyclic N) is 1. The van der Waals surface area contributed by atoms with E-state index in [0.29, 0.717) is 32.4 Å². The number of ketones is 2. The fourth-order valence-electron chi connectivity index (χ4n) is 4.56. The average Bonchev–Trinajstić information content (AvgIpc) is 3.30. The number of ether oxygens (including phenoxy) is 2. The van der Waals surface area contributed by atoms with Crippen LogP contribution in [0.3, 0.4) is 0 Å². The number of Topliss-reactive ketones (excluding diaryl/α,β-unsaturated/α-hetero) is 2. The summed E-state index contributed by atoms with van der Waals surface area (Å²) >= 11 is 0. The predicted molar refractivity (Wildman–Crippen MR) is 144 cm³/mol. The van der Waals surface area contributed by atoms with Crippen LogP contribution in [0.2, 0.25) is 0 Å². The molecule has 0 unspecified atom stereocenters. The van der Waals surface area contributed by atoms with Crippen molar-refractivity contribution in [2.75, 3.05) is 33.8 Å². The molecule has 1 heterocycles. The van der Waals surface area contributed by atoms with Gasteiger partial charge < -0.3 is 24.4 Å². The van der Waals surface area contributed by atoms with Crippen LogP contribution in [0.5, 0.6) is 0 Å². The first kappa shape index (κ1) is 31.3. The van der Waals surface area contributed by atoms with E-state index in [1.165, 1.54) is 9.80 Å². The third kappa shape index (κ3) is 10.1. The Kier molecular flexibility index (Phi) is 12.7. The van der Waals surface area contributed by atoms with Crippen molar-refractivity contribution in [1.82, 2.24) is 9.80 Å². The summed E-state index contributed by atoms with van der Waals surface area (Å²) in [5.41, 5.74) is 0.755. The Bertz CT molecular complexity index is 924. The molecule has 1 fully saturated rings. The third-order valence-electron chi connectivity index (χ3n) is 6.90. The minimum absolute atomic E-state index is 0.0615. The van der Waals surface area contributed by atoms with Gasteiger partial charge in [0.25, 0.3) is 0 Å². The number of aliphatic hydroxyl groups excluding tert-OH is 1. The van der Waals surface area contributed by atoms with Gasteiger partial charge in [-0.2, -0.15) is 0 Å². The lowest BCUT2D eigenvalue weighted by Gasteiger charge is -2.23. The SMILES string of the molecule is C/C(=C\C=C\[C@@H](C)COC(=O)N1CC[C@@H](O)C1)[C@H]1C(=O)C(=O)CCCCC[C@@H](OC(=O)N(C)C)/C=C/[C@@H]1C. The van der Waals surface area contributed by atoms with E-state index in [-0.39, 0.29) is 30.6 Å². The Morgan fingerprint density at radius 1 is 1.18 bits per heavy atom. The molecule has 1 saturated heterocycles. The smallest absolute Gasteiger partial charge is 0.409 e. The summed E-state index contributed by atoms with van der Waals surface area (Å²) in [5, 5.41) is 9.57. The summed E-state index contributed by atoms with van der Waals surface area (Å²) in [5.74, 6) is -1.71. The Balaban J connectivity index is 2.08. The van der Waals surface area contributed by atoms with Crippen LogP contribution in [0.15, 0.2) is 36.0 Å². The van der Waals surface area contributed by atoms with Gasteiger partial charge in [0.2, 0.25) is 5.78 Å². The lowest BCUT2D eigenvalue weighted by Crippen LogP contribution is -2.31. The van der Waals surface area contributed by atoms with Crippen molar-refractivity contribution < 1.29 is 33.8 Å². The van der Waals surface area contributed by atoms with Gasteiger partial charge in [0, 0.05) is 39.5 Å². The zero-order chi connectivity index (χ0) is 28.2. The highest BCUT2D eigenvalue weighted by atomic mass is 16.6. The standard InChI is InChI=1S/C29H44N2O7/c1-20(19-37-29(36)31-17-16-23(32)18-31)10-9-11-21(2)26-22(3)14-15-24(38-28(35)30(4)5)12-7-6-8-13-25(33)27(26)34/h9-11,14-15,20,22-24,26,32H,6-8,12-13,16-19H2,1-5H3/b10-9+,15-14+,21-11+/t20-,22+,23-,24-,26-/m1/s1. The van der Waals surface area contributed by atoms with Crippen LogP contribution < -0.4 is 0 Å². The zero-order valence-corrected chi connectivity index (χ0v) is 23.4. The maximum absolute atomic E-state index is 13.2. The quantitative estimate of drug-likeness (QED) is 0.308. The van der Waals surface area contributed by atoms with Crippen molar-refractivity contribution >= 4 is 23.8 Å². The molecule has 0 saturated carbocycles. The molecule has 0 bridgehead atoms. The van der Waals surface area contributed by atoms with Gasteiger partial charge in [-0.1, -0.05) is 50.1 Å². The van der Waals surface area contributed by atoms with Crippen LogP contribution in [0.1, 0.15) is 59.3 Å². The topological polar surface area (TPSA) is 113 Å². The molecule has 2 rings (SSSR count). The number of carbonyl (C=O) groups excluding carboxylic acids is 4. The largest absolute Gasteiger partial charge is 0.449 e. The highest BCUT2D eigenvalue weighted by Crippen LogP contribution is 2.26. The first-order chi connectivity index (χ1) is 18.0. The molecule has 212 valence electrons. The summed E-state index contributed by atoms with van der Waals surface area (Å²) in [7, 11) is 3.27. The Hall–Kier alpha value is -2.94. The minimum Gasteiger partial charge on any atom is -0.449 e. The van der Waals surface area contributed by atoms with E-state index in [1.807, 2.05) is 51.2 Å². The van der Waals surface area contributed by atoms with E-state index in [0.717, 1.165) is 18.4 Å². The molecule has 0 aromatic heterocycles. The number of allylic oxidation sites excluding steroid dienone is 4. The number of likely N-dealkylation sites (tertiary alicyclic amines) is 1. The summed E-state index contributed by atoms with van der Waals surface area (Å²) in [6, 6.07) is 0. The molecule has 1 aliphatic heterocycles. The normalized spacial score (nSPS) is 27.4. The van der Waals surface area contributed by atoms with Crippen LogP contribution >= 0.6 is 0 Å². The Labute approximate surface area is 226 Å². The zero-order valence-electron chi connectivity index (χ0n) is 23.4. The van der Waals surface area contributed by atoms with Crippen molar-refractivity contribution in [3.8, 4) is 0 Å². The Morgan fingerprint density at radius 2 is 1.92 bits per heavy atom. The molecule has 38 heavy (non-hydrogen) atoms. The highest BCUT2D eigenvalue weighted by molar-refractivity contribution is 6.38. The van der Waals surface area contributed by atoms with Crippen molar-refractivity contribution in [2.45, 2.75) is 71.5 Å². The second kappa shape index (κ2) is 15.5. The van der Waals surface area contributed by atoms with Crippen LogP contribution in [-0.2, 0) is 19.1 Å². The molecule has 9 heteroatoms. The Morgan fingerprint density at radius 3 is 2.58 bits per heavy atom. The van der Waals surface area contributed by atoms with E-state index in [4.69, 9.17) is 9.47 Å². The van der Waals surface area contributed by atoms with Gasteiger partial charge in [-0.25, -0.2) is 9.59 Å². The van der Waals surface area contributed by atoms with E-state index >= 15 is 0 Å². The summed E-state index contributed by atoms with van der Waals surface area (Å²) in [6.07, 6.45) is 11.1. The van der Waals surface area contributed by atoms with E-state index in [2.05, 4.69) is 0 Å². The summed E-state index contributed by atoms with van der Waals surface area (Å²) in [4.78, 5) is 52.9.